The van der Waals surface area contributed by atoms with Gasteiger partial charge in [0.1, 0.15) is 5.75 Å². The first-order valence-corrected chi connectivity index (χ1v) is 7.85. The molecule has 23 heavy (non-hydrogen) atoms. The first kappa shape index (κ1) is 16.9. The first-order valence-electron chi connectivity index (χ1n) is 7.85. The molecule has 4 heteroatoms. The molecule has 0 aromatic heterocycles. The third kappa shape index (κ3) is 5.33. The normalized spacial score (nSPS) is 11.2. The Labute approximate surface area is 138 Å². The maximum atomic E-state index is 5.37. The van der Waals surface area contributed by atoms with E-state index in [1.165, 1.54) is 16.7 Å². The number of hydrogen-bond donors (Lipinski definition) is 2. The summed E-state index contributed by atoms with van der Waals surface area (Å²) in [5.74, 6) is 1.73. The molecule has 2 aromatic rings. The zero-order valence-corrected chi connectivity index (χ0v) is 14.1. The van der Waals surface area contributed by atoms with Crippen molar-refractivity contribution in [2.24, 2.45) is 4.99 Å². The molecule has 0 saturated carbocycles. The summed E-state index contributed by atoms with van der Waals surface area (Å²) in [5.41, 5.74) is 3.70. The number of guanidine groups is 1. The average molecular weight is 311 g/mol. The number of benzene rings is 2. The van der Waals surface area contributed by atoms with Gasteiger partial charge in [-0.3, -0.25) is 4.99 Å². The zero-order chi connectivity index (χ0) is 16.5. The molecule has 0 atom stereocenters. The number of nitrogens with zero attached hydrogens (tertiary/aromatic N) is 1. The predicted octanol–water partition coefficient (Wildman–Crippen LogP) is 2.91. The van der Waals surface area contributed by atoms with Gasteiger partial charge >= 0.3 is 0 Å². The molecular weight excluding hydrogens is 286 g/mol. The van der Waals surface area contributed by atoms with Gasteiger partial charge in [-0.15, -0.1) is 0 Å². The number of methoxy groups -OCH3 is 1. The van der Waals surface area contributed by atoms with E-state index in [0.717, 1.165) is 31.2 Å². The van der Waals surface area contributed by atoms with Gasteiger partial charge in [0.2, 0.25) is 0 Å². The Bertz CT molecular complexity index is 635. The Morgan fingerprint density at radius 1 is 1.04 bits per heavy atom. The molecule has 0 bridgehead atoms. The highest BCUT2D eigenvalue weighted by molar-refractivity contribution is 5.79. The smallest absolute Gasteiger partial charge is 0.191 e. The van der Waals surface area contributed by atoms with E-state index in [-0.39, 0.29) is 0 Å². The van der Waals surface area contributed by atoms with Gasteiger partial charge in [-0.2, -0.15) is 0 Å². The maximum absolute atomic E-state index is 5.37. The van der Waals surface area contributed by atoms with Crippen LogP contribution in [0.4, 0.5) is 0 Å². The fraction of sp³-hybridized carbons (Fsp3) is 0.316. The Morgan fingerprint density at radius 3 is 2.48 bits per heavy atom. The monoisotopic (exact) mass is 311 g/mol. The number of ether oxygens (including phenoxy) is 1. The molecule has 0 saturated heterocycles. The fourth-order valence-electron chi connectivity index (χ4n) is 2.34. The van der Waals surface area contributed by atoms with Crippen LogP contribution >= 0.6 is 0 Å². The third-order valence-corrected chi connectivity index (χ3v) is 3.68. The summed E-state index contributed by atoms with van der Waals surface area (Å²) < 4.78 is 5.37. The largest absolute Gasteiger partial charge is 0.496 e. The van der Waals surface area contributed by atoms with Gasteiger partial charge in [0.05, 0.1) is 7.11 Å². The minimum atomic E-state index is 0.759. The molecule has 4 nitrogen and oxygen atoms in total. The number of hydrogen-bond acceptors (Lipinski definition) is 2. The molecule has 0 aliphatic carbocycles. The van der Waals surface area contributed by atoms with Crippen LogP contribution in [0.3, 0.4) is 0 Å². The summed E-state index contributed by atoms with van der Waals surface area (Å²) in [6, 6.07) is 16.6. The van der Waals surface area contributed by atoms with Gasteiger partial charge < -0.3 is 15.4 Å². The lowest BCUT2D eigenvalue weighted by Crippen LogP contribution is -2.37. The summed E-state index contributed by atoms with van der Waals surface area (Å²) in [4.78, 5) is 4.26. The van der Waals surface area contributed by atoms with E-state index in [9.17, 15) is 0 Å². The highest BCUT2D eigenvalue weighted by Crippen LogP contribution is 2.17. The zero-order valence-electron chi connectivity index (χ0n) is 14.1. The van der Waals surface area contributed by atoms with E-state index in [1.54, 1.807) is 14.2 Å². The minimum Gasteiger partial charge on any atom is -0.496 e. The number of para-hydroxylation sites is 1. The average Bonchev–Trinajstić information content (AvgIpc) is 2.59. The van der Waals surface area contributed by atoms with Crippen LogP contribution in [0.25, 0.3) is 0 Å². The standard InChI is InChI=1S/C19H25N3O/c1-15-8-10-16(11-9-15)14-22-19(20-2)21-13-12-17-6-4-5-7-18(17)23-3/h4-11H,12-14H2,1-3H3,(H2,20,21,22). The summed E-state index contributed by atoms with van der Waals surface area (Å²) in [6.45, 7) is 3.65. The van der Waals surface area contributed by atoms with Crippen molar-refractivity contribution in [3.63, 3.8) is 0 Å². The maximum Gasteiger partial charge on any atom is 0.191 e. The Balaban J connectivity index is 1.80. The highest BCUT2D eigenvalue weighted by Gasteiger charge is 2.02. The van der Waals surface area contributed by atoms with Crippen molar-refractivity contribution in [1.82, 2.24) is 10.6 Å². The van der Waals surface area contributed by atoms with Gasteiger partial charge in [0, 0.05) is 20.1 Å². The van der Waals surface area contributed by atoms with Crippen LogP contribution in [0.1, 0.15) is 16.7 Å². The molecule has 122 valence electrons. The molecule has 0 unspecified atom stereocenters. The van der Waals surface area contributed by atoms with E-state index in [0.29, 0.717) is 0 Å². The summed E-state index contributed by atoms with van der Waals surface area (Å²) in [6.07, 6.45) is 0.884. The number of aliphatic imine (C=N–C) groups is 1. The van der Waals surface area contributed by atoms with Gasteiger partial charge in [0.15, 0.2) is 5.96 Å². The van der Waals surface area contributed by atoms with Crippen LogP contribution in [0.2, 0.25) is 0 Å². The Hall–Kier alpha value is -2.49. The molecule has 2 N–H and O–H groups in total. The van der Waals surface area contributed by atoms with Crippen molar-refractivity contribution >= 4 is 5.96 Å². The van der Waals surface area contributed by atoms with E-state index >= 15 is 0 Å². The number of rotatable bonds is 6. The van der Waals surface area contributed by atoms with Crippen molar-refractivity contribution in [2.75, 3.05) is 20.7 Å². The number of nitrogens with one attached hydrogen (secondary N) is 2. The van der Waals surface area contributed by atoms with Crippen LogP contribution in [0.15, 0.2) is 53.5 Å². The Kier molecular flexibility index (Phi) is 6.48. The second kappa shape index (κ2) is 8.83. The molecule has 0 fully saturated rings. The summed E-state index contributed by atoms with van der Waals surface area (Å²) >= 11 is 0. The van der Waals surface area contributed by atoms with E-state index in [2.05, 4.69) is 52.9 Å². The molecule has 0 aliphatic heterocycles. The fourth-order valence-corrected chi connectivity index (χ4v) is 2.34. The minimum absolute atomic E-state index is 0.759. The molecular formula is C19H25N3O. The van der Waals surface area contributed by atoms with Crippen molar-refractivity contribution in [2.45, 2.75) is 19.9 Å². The summed E-state index contributed by atoms with van der Waals surface area (Å²) in [5, 5.41) is 6.66. The predicted molar refractivity (Wildman–Crippen MR) is 96.1 cm³/mol. The third-order valence-electron chi connectivity index (χ3n) is 3.68. The SMILES string of the molecule is CN=C(NCCc1ccccc1OC)NCc1ccc(C)cc1. The van der Waals surface area contributed by atoms with Crippen LogP contribution in [0.5, 0.6) is 5.75 Å². The lowest BCUT2D eigenvalue weighted by Gasteiger charge is -2.13. The lowest BCUT2D eigenvalue weighted by molar-refractivity contribution is 0.409. The lowest BCUT2D eigenvalue weighted by atomic mass is 10.1. The van der Waals surface area contributed by atoms with Crippen molar-refractivity contribution in [3.8, 4) is 5.75 Å². The van der Waals surface area contributed by atoms with E-state index < -0.39 is 0 Å². The van der Waals surface area contributed by atoms with Crippen LogP contribution in [-0.4, -0.2) is 26.7 Å². The molecule has 0 radical (unpaired) electrons. The molecule has 2 aromatic carbocycles. The molecule has 0 aliphatic rings. The first-order chi connectivity index (χ1) is 11.2. The van der Waals surface area contributed by atoms with Crippen LogP contribution in [0, 0.1) is 6.92 Å². The van der Waals surface area contributed by atoms with Gasteiger partial charge in [0.25, 0.3) is 0 Å². The van der Waals surface area contributed by atoms with E-state index in [4.69, 9.17) is 4.74 Å². The van der Waals surface area contributed by atoms with Crippen molar-refractivity contribution in [3.05, 3.63) is 65.2 Å². The molecule has 0 amide bonds. The Morgan fingerprint density at radius 2 is 1.78 bits per heavy atom. The van der Waals surface area contributed by atoms with E-state index in [1.807, 2.05) is 18.2 Å². The topological polar surface area (TPSA) is 45.7 Å². The van der Waals surface area contributed by atoms with Crippen LogP contribution in [-0.2, 0) is 13.0 Å². The number of aryl methyl sites for hydroxylation is 1. The molecule has 0 heterocycles. The second-order valence-electron chi connectivity index (χ2n) is 5.40. The highest BCUT2D eigenvalue weighted by atomic mass is 16.5. The van der Waals surface area contributed by atoms with Gasteiger partial charge in [-0.25, -0.2) is 0 Å². The molecule has 0 spiro atoms. The summed E-state index contributed by atoms with van der Waals surface area (Å²) in [7, 11) is 3.49. The second-order valence-corrected chi connectivity index (χ2v) is 5.40. The van der Waals surface area contributed by atoms with Gasteiger partial charge in [-0.1, -0.05) is 48.0 Å². The quantitative estimate of drug-likeness (QED) is 0.637. The molecule has 2 rings (SSSR count). The van der Waals surface area contributed by atoms with Crippen molar-refractivity contribution in [1.29, 1.82) is 0 Å². The van der Waals surface area contributed by atoms with Crippen molar-refractivity contribution < 1.29 is 4.74 Å². The van der Waals surface area contributed by atoms with Gasteiger partial charge in [-0.05, 0) is 30.5 Å². The van der Waals surface area contributed by atoms with Crippen LogP contribution < -0.4 is 15.4 Å².